The highest BCUT2D eigenvalue weighted by Crippen LogP contribution is 2.10. The van der Waals surface area contributed by atoms with Crippen LogP contribution in [0.3, 0.4) is 0 Å². The number of hydrazine groups is 1. The number of carbonyl (C=O) groups excluding carboxylic acids is 3. The van der Waals surface area contributed by atoms with Gasteiger partial charge in [-0.3, -0.25) is 25.2 Å². The smallest absolute Gasteiger partial charge is 0.269 e. The number of amides is 3. The van der Waals surface area contributed by atoms with Gasteiger partial charge in [-0.1, -0.05) is 20.3 Å². The average Bonchev–Trinajstić information content (AvgIpc) is 2.58. The van der Waals surface area contributed by atoms with Crippen LogP contribution in [-0.4, -0.2) is 22.8 Å². The molecule has 0 fully saturated rings. The summed E-state index contributed by atoms with van der Waals surface area (Å²) in [5.74, 6) is -0.664. The van der Waals surface area contributed by atoms with Crippen LogP contribution in [0.1, 0.15) is 56.3 Å². The lowest BCUT2D eigenvalue weighted by Crippen LogP contribution is -2.48. The lowest BCUT2D eigenvalue weighted by molar-refractivity contribution is -0.120. The second-order valence-corrected chi connectivity index (χ2v) is 5.84. The third kappa shape index (κ3) is 8.25. The number of benzene rings is 1. The zero-order valence-electron chi connectivity index (χ0n) is 14.5. The maximum atomic E-state index is 12.0. The van der Waals surface area contributed by atoms with Gasteiger partial charge in [-0.05, 0) is 49.3 Å². The number of rotatable bonds is 7. The van der Waals surface area contributed by atoms with Crippen molar-refractivity contribution in [1.29, 1.82) is 0 Å². The second-order valence-electron chi connectivity index (χ2n) is 5.44. The van der Waals surface area contributed by atoms with Crippen LogP contribution in [0.25, 0.3) is 0 Å². The first-order valence-corrected chi connectivity index (χ1v) is 8.67. The molecule has 0 unspecified atom stereocenters. The Bertz CT molecular complexity index is 617. The molecule has 0 bridgehead atoms. The first-order chi connectivity index (χ1) is 12.0. The Morgan fingerprint density at radius 2 is 1.60 bits per heavy atom. The molecule has 0 saturated carbocycles. The minimum absolute atomic E-state index is 0.0397. The molecule has 1 aromatic rings. The van der Waals surface area contributed by atoms with Gasteiger partial charge in [-0.2, -0.15) is 0 Å². The van der Waals surface area contributed by atoms with Crippen LogP contribution in [0, 0.1) is 0 Å². The number of nitrogens with one attached hydrogen (secondary N) is 4. The Kier molecular flexibility index (Phi) is 9.16. The van der Waals surface area contributed by atoms with Crippen LogP contribution in [0.5, 0.6) is 0 Å². The molecule has 0 atom stereocenters. The van der Waals surface area contributed by atoms with Crippen molar-refractivity contribution in [3.8, 4) is 0 Å². The maximum Gasteiger partial charge on any atom is 0.269 e. The van der Waals surface area contributed by atoms with E-state index in [1.165, 1.54) is 0 Å². The molecular formula is C17H24N4O3S. The van der Waals surface area contributed by atoms with Crippen molar-refractivity contribution in [2.24, 2.45) is 0 Å². The van der Waals surface area contributed by atoms with Gasteiger partial charge in [0.05, 0.1) is 0 Å². The van der Waals surface area contributed by atoms with Crippen LogP contribution < -0.4 is 21.5 Å². The fraction of sp³-hybridized carbons (Fsp3) is 0.412. The molecule has 3 amide bonds. The number of hydrogen-bond acceptors (Lipinski definition) is 4. The predicted molar refractivity (Wildman–Crippen MR) is 101 cm³/mol. The topological polar surface area (TPSA) is 99.3 Å². The molecule has 8 heteroatoms. The summed E-state index contributed by atoms with van der Waals surface area (Å²) in [6.45, 7) is 3.92. The number of carbonyl (C=O) groups is 3. The summed E-state index contributed by atoms with van der Waals surface area (Å²) in [4.78, 5) is 35.0. The van der Waals surface area contributed by atoms with Crippen LogP contribution in [-0.2, 0) is 9.59 Å². The minimum atomic E-state index is -0.406. The Balaban J connectivity index is 2.43. The first kappa shape index (κ1) is 20.6. The Labute approximate surface area is 152 Å². The van der Waals surface area contributed by atoms with E-state index in [0.29, 0.717) is 24.1 Å². The standard InChI is InChI=1S/C17H24N4O3S/c1-3-5-7-15(23)19-17(25)21-20-16(24)12-8-10-13(11-9-12)18-14(22)6-4-2/h8-11H,3-7H2,1-2H3,(H,18,22)(H,20,24)(H2,19,21,23,25). The number of thiocarbonyl (C=S) groups is 1. The fourth-order valence-electron chi connectivity index (χ4n) is 1.90. The molecule has 0 aliphatic carbocycles. The Morgan fingerprint density at radius 1 is 0.920 bits per heavy atom. The van der Waals surface area contributed by atoms with Gasteiger partial charge in [0.1, 0.15) is 0 Å². The molecule has 0 heterocycles. The summed E-state index contributed by atoms with van der Waals surface area (Å²) in [5.41, 5.74) is 5.91. The quantitative estimate of drug-likeness (QED) is 0.439. The Hall–Kier alpha value is -2.48. The third-order valence-corrected chi connectivity index (χ3v) is 3.41. The molecule has 25 heavy (non-hydrogen) atoms. The minimum Gasteiger partial charge on any atom is -0.326 e. The zero-order valence-corrected chi connectivity index (χ0v) is 15.3. The molecule has 0 saturated heterocycles. The number of unbranched alkanes of at least 4 members (excludes halogenated alkanes) is 1. The number of hydrogen-bond donors (Lipinski definition) is 4. The van der Waals surface area contributed by atoms with Crippen LogP contribution in [0.4, 0.5) is 5.69 Å². The predicted octanol–water partition coefficient (Wildman–Crippen LogP) is 2.25. The molecule has 136 valence electrons. The summed E-state index contributed by atoms with van der Waals surface area (Å²) in [7, 11) is 0. The molecule has 0 spiro atoms. The largest absolute Gasteiger partial charge is 0.326 e. The van der Waals surface area contributed by atoms with Gasteiger partial charge in [-0.15, -0.1) is 0 Å². The molecule has 1 aromatic carbocycles. The third-order valence-electron chi connectivity index (χ3n) is 3.21. The van der Waals surface area contributed by atoms with Gasteiger partial charge in [0, 0.05) is 24.1 Å². The van der Waals surface area contributed by atoms with E-state index in [4.69, 9.17) is 12.2 Å². The summed E-state index contributed by atoms with van der Waals surface area (Å²) in [5, 5.41) is 5.27. The first-order valence-electron chi connectivity index (χ1n) is 8.26. The van der Waals surface area contributed by atoms with E-state index in [9.17, 15) is 14.4 Å². The van der Waals surface area contributed by atoms with Crippen molar-refractivity contribution in [2.75, 3.05) is 5.32 Å². The molecular weight excluding hydrogens is 340 g/mol. The van der Waals surface area contributed by atoms with E-state index < -0.39 is 5.91 Å². The molecule has 1 rings (SSSR count). The average molecular weight is 364 g/mol. The Morgan fingerprint density at radius 3 is 2.20 bits per heavy atom. The normalized spacial score (nSPS) is 9.84. The van der Waals surface area contributed by atoms with Crippen LogP contribution in [0.15, 0.2) is 24.3 Å². The molecule has 0 aliphatic rings. The van der Waals surface area contributed by atoms with Crippen molar-refractivity contribution in [3.63, 3.8) is 0 Å². The SMILES string of the molecule is CCCCC(=O)NC(=S)NNC(=O)c1ccc(NC(=O)CCC)cc1. The molecule has 0 radical (unpaired) electrons. The van der Waals surface area contributed by atoms with Crippen molar-refractivity contribution in [2.45, 2.75) is 46.0 Å². The lowest BCUT2D eigenvalue weighted by atomic mass is 10.2. The second kappa shape index (κ2) is 11.1. The monoisotopic (exact) mass is 364 g/mol. The van der Waals surface area contributed by atoms with Gasteiger partial charge in [0.25, 0.3) is 5.91 Å². The van der Waals surface area contributed by atoms with E-state index in [0.717, 1.165) is 19.3 Å². The van der Waals surface area contributed by atoms with Crippen molar-refractivity contribution >= 4 is 40.7 Å². The molecule has 0 aliphatic heterocycles. The lowest BCUT2D eigenvalue weighted by Gasteiger charge is -2.11. The van der Waals surface area contributed by atoms with E-state index in [1.54, 1.807) is 24.3 Å². The van der Waals surface area contributed by atoms with Gasteiger partial charge in [-0.25, -0.2) is 0 Å². The summed E-state index contributed by atoms with van der Waals surface area (Å²) < 4.78 is 0. The van der Waals surface area contributed by atoms with Gasteiger partial charge >= 0.3 is 0 Å². The van der Waals surface area contributed by atoms with Crippen molar-refractivity contribution in [1.82, 2.24) is 16.2 Å². The van der Waals surface area contributed by atoms with Crippen LogP contribution in [0.2, 0.25) is 0 Å². The summed E-state index contributed by atoms with van der Waals surface area (Å²) in [6, 6.07) is 6.46. The zero-order chi connectivity index (χ0) is 18.7. The highest BCUT2D eigenvalue weighted by atomic mass is 32.1. The van der Waals surface area contributed by atoms with E-state index >= 15 is 0 Å². The van der Waals surface area contributed by atoms with Gasteiger partial charge in [0.2, 0.25) is 11.8 Å². The molecule has 7 nitrogen and oxygen atoms in total. The summed E-state index contributed by atoms with van der Waals surface area (Å²) in [6.07, 6.45) is 3.30. The van der Waals surface area contributed by atoms with Gasteiger partial charge < -0.3 is 10.6 Å². The van der Waals surface area contributed by atoms with E-state index in [2.05, 4.69) is 21.5 Å². The van der Waals surface area contributed by atoms with Crippen molar-refractivity contribution < 1.29 is 14.4 Å². The van der Waals surface area contributed by atoms with E-state index in [1.807, 2.05) is 13.8 Å². The fourth-order valence-corrected chi connectivity index (χ4v) is 2.06. The molecule has 0 aromatic heterocycles. The number of anilines is 1. The maximum absolute atomic E-state index is 12.0. The van der Waals surface area contributed by atoms with Crippen LogP contribution >= 0.6 is 12.2 Å². The molecule has 4 N–H and O–H groups in total. The highest BCUT2D eigenvalue weighted by molar-refractivity contribution is 7.80. The van der Waals surface area contributed by atoms with Gasteiger partial charge in [0.15, 0.2) is 5.11 Å². The van der Waals surface area contributed by atoms with E-state index in [-0.39, 0.29) is 16.9 Å². The highest BCUT2D eigenvalue weighted by Gasteiger charge is 2.08. The van der Waals surface area contributed by atoms with Crippen molar-refractivity contribution in [3.05, 3.63) is 29.8 Å². The summed E-state index contributed by atoms with van der Waals surface area (Å²) >= 11 is 4.94.